The largest absolute Gasteiger partial charge is 0.511 e. The first-order valence-corrected chi connectivity index (χ1v) is 11.9. The number of amidine groups is 1. The van der Waals surface area contributed by atoms with E-state index in [-0.39, 0.29) is 45.3 Å². The molecule has 1 saturated carbocycles. The van der Waals surface area contributed by atoms with Gasteiger partial charge in [0.1, 0.15) is 16.2 Å². The van der Waals surface area contributed by atoms with E-state index in [9.17, 15) is 18.3 Å². The van der Waals surface area contributed by atoms with Crippen molar-refractivity contribution in [3.63, 3.8) is 0 Å². The van der Waals surface area contributed by atoms with E-state index in [0.717, 1.165) is 31.2 Å². The summed E-state index contributed by atoms with van der Waals surface area (Å²) in [4.78, 5) is 15.4. The molecule has 2 N–H and O–H groups in total. The van der Waals surface area contributed by atoms with Crippen LogP contribution in [0.25, 0.3) is 0 Å². The number of benzene rings is 1. The molecule has 0 radical (unpaired) electrons. The molecule has 2 atom stereocenters. The van der Waals surface area contributed by atoms with Gasteiger partial charge in [-0.05, 0) is 49.3 Å². The van der Waals surface area contributed by atoms with Gasteiger partial charge in [-0.15, -0.1) is 4.40 Å². The summed E-state index contributed by atoms with van der Waals surface area (Å²) >= 11 is 0. The third-order valence-corrected chi connectivity index (χ3v) is 7.50. The SMILES string of the molecule is Cc1ccc2c(c1)S(=O)(=O)N=C(C1=C(O)C3CCCC3N(CCC(C)(C)C)C1=O)N2. The molecule has 2 unspecified atom stereocenters. The molecule has 0 spiro atoms. The zero-order chi connectivity index (χ0) is 21.8. The summed E-state index contributed by atoms with van der Waals surface area (Å²) in [5.74, 6) is -0.646. The van der Waals surface area contributed by atoms with Gasteiger partial charge in [0.25, 0.3) is 15.9 Å². The second kappa shape index (κ2) is 7.11. The molecule has 0 bridgehead atoms. The minimum Gasteiger partial charge on any atom is -0.511 e. The maximum absolute atomic E-state index is 13.5. The molecule has 1 amide bonds. The number of nitrogens with one attached hydrogen (secondary N) is 1. The van der Waals surface area contributed by atoms with Crippen molar-refractivity contribution >= 4 is 27.5 Å². The molecule has 1 aliphatic carbocycles. The first-order chi connectivity index (χ1) is 14.0. The van der Waals surface area contributed by atoms with Crippen LogP contribution in [0, 0.1) is 18.3 Å². The van der Waals surface area contributed by atoms with Gasteiger partial charge in [-0.3, -0.25) is 4.79 Å². The Kier molecular flexibility index (Phi) is 4.96. The van der Waals surface area contributed by atoms with Crippen molar-refractivity contribution in [2.75, 3.05) is 11.9 Å². The highest BCUT2D eigenvalue weighted by atomic mass is 32.2. The number of amides is 1. The Hall–Kier alpha value is -2.35. The molecule has 8 heteroatoms. The number of rotatable bonds is 3. The molecule has 3 aliphatic rings. The predicted molar refractivity (Wildman–Crippen MR) is 116 cm³/mol. The van der Waals surface area contributed by atoms with Crippen LogP contribution in [0.2, 0.25) is 0 Å². The summed E-state index contributed by atoms with van der Waals surface area (Å²) in [6.07, 6.45) is 3.36. The maximum Gasteiger partial charge on any atom is 0.286 e. The van der Waals surface area contributed by atoms with Gasteiger partial charge >= 0.3 is 0 Å². The molecular formula is C22H29N3O4S. The van der Waals surface area contributed by atoms with Crippen LogP contribution in [0.15, 0.2) is 38.8 Å². The van der Waals surface area contributed by atoms with Crippen LogP contribution in [0.4, 0.5) is 5.69 Å². The van der Waals surface area contributed by atoms with E-state index in [2.05, 4.69) is 30.5 Å². The van der Waals surface area contributed by atoms with Gasteiger partial charge < -0.3 is 15.3 Å². The van der Waals surface area contributed by atoms with Crippen molar-refractivity contribution in [1.82, 2.24) is 4.90 Å². The van der Waals surface area contributed by atoms with E-state index in [4.69, 9.17) is 0 Å². The number of fused-ring (bicyclic) bond motifs is 2. The zero-order valence-corrected chi connectivity index (χ0v) is 18.7. The lowest BCUT2D eigenvalue weighted by Crippen LogP contribution is -2.51. The number of aliphatic hydroxyl groups excluding tert-OH is 1. The van der Waals surface area contributed by atoms with Gasteiger partial charge in [0.2, 0.25) is 0 Å². The average molecular weight is 432 g/mol. The van der Waals surface area contributed by atoms with Gasteiger partial charge in [0.05, 0.1) is 5.69 Å². The molecule has 7 nitrogen and oxygen atoms in total. The van der Waals surface area contributed by atoms with Crippen LogP contribution in [0.5, 0.6) is 0 Å². The molecule has 1 fully saturated rings. The number of aryl methyl sites for hydroxylation is 1. The second-order valence-electron chi connectivity index (χ2n) is 9.71. The third-order valence-electron chi connectivity index (χ3n) is 6.18. The van der Waals surface area contributed by atoms with Gasteiger partial charge in [-0.25, -0.2) is 0 Å². The summed E-state index contributed by atoms with van der Waals surface area (Å²) < 4.78 is 29.5. The standard InChI is InChI=1S/C22H29N3O4S/c1-13-8-9-15-17(12-13)30(28,29)24-20(23-15)18-19(26)14-6-5-7-16(14)25(21(18)27)11-10-22(2,3)4/h8-9,12,14,16,26H,5-7,10-11H2,1-4H3,(H,23,24). The van der Waals surface area contributed by atoms with Crippen LogP contribution < -0.4 is 5.32 Å². The molecular weight excluding hydrogens is 402 g/mol. The summed E-state index contributed by atoms with van der Waals surface area (Å²) in [6.45, 7) is 8.75. The smallest absolute Gasteiger partial charge is 0.286 e. The number of nitrogens with zero attached hydrogens (tertiary/aromatic N) is 2. The summed E-state index contributed by atoms with van der Waals surface area (Å²) in [6, 6.07) is 4.97. The number of carbonyl (C=O) groups excluding carboxylic acids is 1. The van der Waals surface area contributed by atoms with Crippen molar-refractivity contribution in [1.29, 1.82) is 0 Å². The van der Waals surface area contributed by atoms with Crippen molar-refractivity contribution in [3.05, 3.63) is 35.1 Å². The minimum absolute atomic E-state index is 0.0122. The van der Waals surface area contributed by atoms with Crippen LogP contribution >= 0.6 is 0 Å². The lowest BCUT2D eigenvalue weighted by molar-refractivity contribution is -0.131. The number of hydrogen-bond donors (Lipinski definition) is 2. The molecule has 1 aromatic rings. The number of hydrogen-bond acceptors (Lipinski definition) is 5. The van der Waals surface area contributed by atoms with E-state index < -0.39 is 10.0 Å². The van der Waals surface area contributed by atoms with Gasteiger partial charge in [-0.1, -0.05) is 33.3 Å². The number of anilines is 1. The Morgan fingerprint density at radius 3 is 2.70 bits per heavy atom. The summed E-state index contributed by atoms with van der Waals surface area (Å²) in [5.41, 5.74) is 1.21. The quantitative estimate of drug-likeness (QED) is 0.759. The van der Waals surface area contributed by atoms with Crippen LogP contribution in [-0.2, 0) is 14.8 Å². The molecule has 4 rings (SSSR count). The molecule has 162 valence electrons. The zero-order valence-electron chi connectivity index (χ0n) is 17.9. The topological polar surface area (TPSA) is 99.1 Å². The van der Waals surface area contributed by atoms with E-state index in [1.165, 1.54) is 0 Å². The minimum atomic E-state index is -3.98. The monoisotopic (exact) mass is 431 g/mol. The first-order valence-electron chi connectivity index (χ1n) is 10.4. The van der Waals surface area contributed by atoms with Crippen LogP contribution in [-0.4, -0.2) is 42.8 Å². The molecule has 1 aromatic carbocycles. The van der Waals surface area contributed by atoms with Crippen molar-refractivity contribution in [2.24, 2.45) is 15.7 Å². The highest BCUT2D eigenvalue weighted by molar-refractivity contribution is 7.90. The Morgan fingerprint density at radius 2 is 2.00 bits per heavy atom. The number of sulfonamides is 1. The second-order valence-corrected chi connectivity index (χ2v) is 11.3. The Morgan fingerprint density at radius 1 is 1.27 bits per heavy atom. The third kappa shape index (κ3) is 3.62. The number of aliphatic hydroxyl groups is 1. The maximum atomic E-state index is 13.5. The lowest BCUT2D eigenvalue weighted by atomic mass is 9.87. The van der Waals surface area contributed by atoms with Gasteiger partial charge in [-0.2, -0.15) is 8.42 Å². The highest BCUT2D eigenvalue weighted by Gasteiger charge is 2.46. The molecule has 2 aliphatic heterocycles. The normalized spacial score (nSPS) is 25.5. The van der Waals surface area contributed by atoms with E-state index in [0.29, 0.717) is 12.2 Å². The lowest BCUT2D eigenvalue weighted by Gasteiger charge is -2.40. The Balaban J connectivity index is 1.76. The molecule has 0 aromatic heterocycles. The molecule has 2 heterocycles. The summed E-state index contributed by atoms with van der Waals surface area (Å²) in [7, 11) is -3.98. The van der Waals surface area contributed by atoms with Gasteiger partial charge in [0.15, 0.2) is 5.84 Å². The fourth-order valence-electron chi connectivity index (χ4n) is 4.54. The Bertz CT molecular complexity index is 1070. The molecule has 0 saturated heterocycles. The van der Waals surface area contributed by atoms with Crippen molar-refractivity contribution in [2.45, 2.75) is 64.3 Å². The predicted octanol–water partition coefficient (Wildman–Crippen LogP) is 3.77. The molecule has 30 heavy (non-hydrogen) atoms. The van der Waals surface area contributed by atoms with Crippen LogP contribution in [0.3, 0.4) is 0 Å². The van der Waals surface area contributed by atoms with Gasteiger partial charge in [0, 0.05) is 18.5 Å². The average Bonchev–Trinajstić information content (AvgIpc) is 3.11. The van der Waals surface area contributed by atoms with Crippen molar-refractivity contribution < 1.29 is 18.3 Å². The van der Waals surface area contributed by atoms with Crippen molar-refractivity contribution in [3.8, 4) is 0 Å². The van der Waals surface area contributed by atoms with Crippen LogP contribution in [0.1, 0.15) is 52.0 Å². The van der Waals surface area contributed by atoms with E-state index in [1.54, 1.807) is 25.1 Å². The highest BCUT2D eigenvalue weighted by Crippen LogP contribution is 2.41. The fourth-order valence-corrected chi connectivity index (χ4v) is 5.75. The first kappa shape index (κ1) is 20.9. The number of carbonyl (C=O) groups is 1. The summed E-state index contributed by atoms with van der Waals surface area (Å²) in [5, 5.41) is 14.0. The van der Waals surface area contributed by atoms with E-state index >= 15 is 0 Å². The fraction of sp³-hybridized carbons (Fsp3) is 0.545. The van der Waals surface area contributed by atoms with E-state index in [1.807, 2.05) is 4.90 Å². The Labute approximate surface area is 177 Å².